The first-order chi connectivity index (χ1) is 10.7. The number of rotatable bonds is 7. The lowest BCUT2D eigenvalue weighted by molar-refractivity contribution is -0.114. The van der Waals surface area contributed by atoms with Gasteiger partial charge in [-0.1, -0.05) is 27.7 Å². The van der Waals surface area contributed by atoms with E-state index in [0.29, 0.717) is 35.1 Å². The lowest BCUT2D eigenvalue weighted by Crippen LogP contribution is -2.14. The van der Waals surface area contributed by atoms with Crippen molar-refractivity contribution in [3.63, 3.8) is 0 Å². The Labute approximate surface area is 144 Å². The van der Waals surface area contributed by atoms with Crippen LogP contribution in [0, 0.1) is 11.3 Å². The first-order valence-electron chi connectivity index (χ1n) is 7.83. The van der Waals surface area contributed by atoms with Gasteiger partial charge in [0.2, 0.25) is 5.91 Å². The molecule has 0 aliphatic heterocycles. The number of aliphatic imine (C=N–C) groups is 1. The van der Waals surface area contributed by atoms with Gasteiger partial charge in [0, 0.05) is 13.0 Å². The minimum Gasteiger partial charge on any atom is -0.491 e. The van der Waals surface area contributed by atoms with Gasteiger partial charge in [0.25, 0.3) is 0 Å². The molecule has 0 heterocycles. The first kappa shape index (κ1) is 19.3. The molecule has 0 saturated carbocycles. The van der Waals surface area contributed by atoms with Crippen molar-refractivity contribution < 1.29 is 9.53 Å². The maximum atomic E-state index is 11.3. The molecule has 1 atom stereocenters. The molecule has 0 aliphatic carbocycles. The number of carbonyl (C=O) groups excluding carboxylic acids is 1. The fraction of sp³-hybridized carbons (Fsp3) is 0.556. The van der Waals surface area contributed by atoms with Crippen LogP contribution in [0.1, 0.15) is 47.5 Å². The third-order valence-corrected chi connectivity index (χ3v) is 3.37. The molecule has 1 aromatic carbocycles. The van der Waals surface area contributed by atoms with Crippen LogP contribution in [-0.2, 0) is 4.79 Å². The molecule has 0 saturated heterocycles. The number of nitrogens with one attached hydrogen (secondary N) is 1. The van der Waals surface area contributed by atoms with Crippen molar-refractivity contribution in [1.29, 1.82) is 0 Å². The number of amides is 1. The average molecular weight is 334 g/mol. The topological polar surface area (TPSA) is 50.7 Å². The van der Waals surface area contributed by atoms with Gasteiger partial charge in [-0.3, -0.25) is 4.79 Å². The second-order valence-corrected chi connectivity index (χ2v) is 7.25. The van der Waals surface area contributed by atoms with Crippen LogP contribution in [-0.4, -0.2) is 17.7 Å². The lowest BCUT2D eigenvalue weighted by Gasteiger charge is -2.23. The highest BCUT2D eigenvalue weighted by Crippen LogP contribution is 2.31. The van der Waals surface area contributed by atoms with Crippen molar-refractivity contribution in [2.75, 3.05) is 11.9 Å². The van der Waals surface area contributed by atoms with Gasteiger partial charge in [-0.15, -0.1) is 0 Å². The lowest BCUT2D eigenvalue weighted by atomic mass is 9.84. The van der Waals surface area contributed by atoms with E-state index in [1.165, 1.54) is 6.92 Å². The third kappa shape index (κ3) is 7.91. The van der Waals surface area contributed by atoms with Crippen LogP contribution in [0.2, 0.25) is 0 Å². The summed E-state index contributed by atoms with van der Waals surface area (Å²) in [5, 5.41) is 5.10. The zero-order valence-electron chi connectivity index (χ0n) is 14.6. The number of isothiocyanates is 1. The molecule has 0 spiro atoms. The van der Waals surface area contributed by atoms with E-state index in [-0.39, 0.29) is 5.91 Å². The Bertz CT molecular complexity index is 587. The SMILES string of the molecule is CC(=O)Nc1ccc(N=C=S)cc1OCCC(C)CC(C)(C)C. The zero-order chi connectivity index (χ0) is 17.5. The number of hydrogen-bond acceptors (Lipinski definition) is 4. The van der Waals surface area contributed by atoms with Crippen LogP contribution in [0.3, 0.4) is 0 Å². The number of hydrogen-bond donors (Lipinski definition) is 1. The molecule has 1 rings (SSSR count). The van der Waals surface area contributed by atoms with E-state index in [0.717, 1.165) is 12.8 Å². The number of carbonyl (C=O) groups is 1. The van der Waals surface area contributed by atoms with E-state index in [4.69, 9.17) is 4.74 Å². The number of thiocarbonyl (C=S) groups is 1. The predicted molar refractivity (Wildman–Crippen MR) is 98.8 cm³/mol. The highest BCUT2D eigenvalue weighted by atomic mass is 32.1. The summed E-state index contributed by atoms with van der Waals surface area (Å²) < 4.78 is 5.87. The molecule has 0 fully saturated rings. The van der Waals surface area contributed by atoms with Gasteiger partial charge >= 0.3 is 0 Å². The monoisotopic (exact) mass is 334 g/mol. The Hall–Kier alpha value is -1.71. The van der Waals surface area contributed by atoms with Gasteiger partial charge in [0.05, 0.1) is 23.1 Å². The molecular formula is C18H26N2O2S. The van der Waals surface area contributed by atoms with E-state index >= 15 is 0 Å². The fourth-order valence-electron chi connectivity index (χ4n) is 2.56. The minimum atomic E-state index is -0.137. The van der Waals surface area contributed by atoms with Crippen LogP contribution in [0.25, 0.3) is 0 Å². The van der Waals surface area contributed by atoms with E-state index in [1.807, 2.05) is 0 Å². The summed E-state index contributed by atoms with van der Waals surface area (Å²) in [7, 11) is 0. The summed E-state index contributed by atoms with van der Waals surface area (Å²) in [5.74, 6) is 1.04. The summed E-state index contributed by atoms with van der Waals surface area (Å²) in [6, 6.07) is 5.29. The summed E-state index contributed by atoms with van der Waals surface area (Å²) in [4.78, 5) is 15.2. The molecule has 0 aromatic heterocycles. The normalized spacial score (nSPS) is 12.2. The molecule has 1 aromatic rings. The number of ether oxygens (including phenoxy) is 1. The Kier molecular flexibility index (Phi) is 7.40. The number of benzene rings is 1. The van der Waals surface area contributed by atoms with E-state index < -0.39 is 0 Å². The molecular weight excluding hydrogens is 308 g/mol. The summed E-state index contributed by atoms with van der Waals surface area (Å²) in [6.45, 7) is 11.0. The van der Waals surface area contributed by atoms with Crippen molar-refractivity contribution >= 4 is 34.7 Å². The Morgan fingerprint density at radius 1 is 1.43 bits per heavy atom. The smallest absolute Gasteiger partial charge is 0.221 e. The molecule has 1 amide bonds. The van der Waals surface area contributed by atoms with E-state index in [9.17, 15) is 4.79 Å². The van der Waals surface area contributed by atoms with Crippen LogP contribution >= 0.6 is 12.2 Å². The van der Waals surface area contributed by atoms with E-state index in [1.54, 1.807) is 18.2 Å². The highest BCUT2D eigenvalue weighted by Gasteiger charge is 2.15. The largest absolute Gasteiger partial charge is 0.491 e. The molecule has 0 bridgehead atoms. The Morgan fingerprint density at radius 3 is 2.70 bits per heavy atom. The Balaban J connectivity index is 2.74. The van der Waals surface area contributed by atoms with Crippen molar-refractivity contribution in [1.82, 2.24) is 0 Å². The average Bonchev–Trinajstić information content (AvgIpc) is 2.39. The van der Waals surface area contributed by atoms with Gasteiger partial charge in [-0.05, 0) is 48.5 Å². The first-order valence-corrected chi connectivity index (χ1v) is 8.24. The van der Waals surface area contributed by atoms with Crippen molar-refractivity contribution in [3.05, 3.63) is 18.2 Å². The number of anilines is 1. The standard InChI is InChI=1S/C18H26N2O2S/c1-13(11-18(3,4)5)8-9-22-17-10-15(19-12-23)6-7-16(17)20-14(2)21/h6-7,10,13H,8-9,11H2,1-5H3,(H,20,21). The molecule has 1 unspecified atom stereocenters. The molecule has 4 nitrogen and oxygen atoms in total. The molecule has 1 N–H and O–H groups in total. The van der Waals surface area contributed by atoms with Crippen molar-refractivity contribution in [2.45, 2.75) is 47.5 Å². The van der Waals surface area contributed by atoms with Crippen LogP contribution in [0.4, 0.5) is 11.4 Å². The van der Waals surface area contributed by atoms with Gasteiger partial charge < -0.3 is 10.1 Å². The summed E-state index contributed by atoms with van der Waals surface area (Å²) >= 11 is 4.63. The maximum Gasteiger partial charge on any atom is 0.221 e. The molecule has 0 radical (unpaired) electrons. The van der Waals surface area contributed by atoms with Crippen LogP contribution in [0.15, 0.2) is 23.2 Å². The van der Waals surface area contributed by atoms with Gasteiger partial charge in [0.1, 0.15) is 5.75 Å². The minimum absolute atomic E-state index is 0.137. The second-order valence-electron chi connectivity index (χ2n) is 7.07. The van der Waals surface area contributed by atoms with Crippen LogP contribution < -0.4 is 10.1 Å². The van der Waals surface area contributed by atoms with E-state index in [2.05, 4.69) is 55.4 Å². The summed E-state index contributed by atoms with van der Waals surface area (Å²) in [6.07, 6.45) is 2.10. The van der Waals surface area contributed by atoms with Crippen molar-refractivity contribution in [3.8, 4) is 5.75 Å². The fourth-order valence-corrected chi connectivity index (χ4v) is 2.67. The second kappa shape index (κ2) is 8.80. The van der Waals surface area contributed by atoms with Gasteiger partial charge in [-0.2, -0.15) is 4.99 Å². The van der Waals surface area contributed by atoms with Gasteiger partial charge in [0.15, 0.2) is 0 Å². The zero-order valence-corrected chi connectivity index (χ0v) is 15.4. The molecule has 0 aliphatic rings. The number of nitrogens with zero attached hydrogens (tertiary/aromatic N) is 1. The van der Waals surface area contributed by atoms with Crippen molar-refractivity contribution in [2.24, 2.45) is 16.3 Å². The molecule has 5 heteroatoms. The Morgan fingerprint density at radius 2 is 2.13 bits per heavy atom. The molecule has 23 heavy (non-hydrogen) atoms. The highest BCUT2D eigenvalue weighted by molar-refractivity contribution is 7.78. The summed E-state index contributed by atoms with van der Waals surface area (Å²) in [5.41, 5.74) is 1.62. The van der Waals surface area contributed by atoms with Crippen LogP contribution in [0.5, 0.6) is 5.75 Å². The van der Waals surface area contributed by atoms with Gasteiger partial charge in [-0.25, -0.2) is 0 Å². The predicted octanol–water partition coefficient (Wildman–Crippen LogP) is 5.22. The maximum absolute atomic E-state index is 11.3. The molecule has 126 valence electrons. The quantitative estimate of drug-likeness (QED) is 0.549. The third-order valence-electron chi connectivity index (χ3n) is 3.28.